The van der Waals surface area contributed by atoms with E-state index < -0.39 is 0 Å². The molecule has 0 heterocycles. The largest absolute Gasteiger partial charge is 0.313 e. The Labute approximate surface area is 118 Å². The second-order valence-corrected chi connectivity index (χ2v) is 6.80. The zero-order valence-corrected chi connectivity index (χ0v) is 13.0. The standard InChI is InChI=1S/C18H29N/c1-14(2)13-18(11-5-6-12-18)17(19-4)16-9-7-15(3)8-10-16/h7-10,14,17,19H,5-6,11-13H2,1-4H3. The zero-order valence-electron chi connectivity index (χ0n) is 13.0. The summed E-state index contributed by atoms with van der Waals surface area (Å²) in [5.74, 6) is 0.777. The van der Waals surface area contributed by atoms with E-state index in [0.717, 1.165) is 5.92 Å². The van der Waals surface area contributed by atoms with Crippen LogP contribution in [0.15, 0.2) is 24.3 Å². The van der Waals surface area contributed by atoms with Crippen LogP contribution in [0.1, 0.15) is 63.1 Å². The highest BCUT2D eigenvalue weighted by Crippen LogP contribution is 2.51. The molecule has 19 heavy (non-hydrogen) atoms. The topological polar surface area (TPSA) is 12.0 Å². The number of rotatable bonds is 5. The molecule has 1 aromatic carbocycles. The van der Waals surface area contributed by atoms with Crippen molar-refractivity contribution in [1.29, 1.82) is 0 Å². The van der Waals surface area contributed by atoms with Crippen LogP contribution in [0.5, 0.6) is 0 Å². The summed E-state index contributed by atoms with van der Waals surface area (Å²) in [7, 11) is 2.13. The fourth-order valence-corrected chi connectivity index (χ4v) is 4.09. The number of hydrogen-bond acceptors (Lipinski definition) is 1. The minimum absolute atomic E-state index is 0.470. The van der Waals surface area contributed by atoms with Crippen molar-refractivity contribution in [1.82, 2.24) is 5.32 Å². The van der Waals surface area contributed by atoms with Crippen LogP contribution >= 0.6 is 0 Å². The van der Waals surface area contributed by atoms with E-state index in [1.165, 1.54) is 43.2 Å². The van der Waals surface area contributed by atoms with E-state index in [0.29, 0.717) is 11.5 Å². The van der Waals surface area contributed by atoms with Gasteiger partial charge in [-0.25, -0.2) is 0 Å². The second-order valence-electron chi connectivity index (χ2n) is 6.80. The zero-order chi connectivity index (χ0) is 13.9. The first-order valence-electron chi connectivity index (χ1n) is 7.81. The van der Waals surface area contributed by atoms with Gasteiger partial charge in [-0.1, -0.05) is 56.5 Å². The molecule has 0 aromatic heterocycles. The molecule has 0 aliphatic heterocycles. The van der Waals surface area contributed by atoms with Gasteiger partial charge >= 0.3 is 0 Å². The van der Waals surface area contributed by atoms with Crippen molar-refractivity contribution in [2.75, 3.05) is 7.05 Å². The molecule has 1 heteroatoms. The highest BCUT2D eigenvalue weighted by atomic mass is 14.9. The highest BCUT2D eigenvalue weighted by molar-refractivity contribution is 5.26. The van der Waals surface area contributed by atoms with Gasteiger partial charge in [-0.2, -0.15) is 0 Å². The molecule has 1 aliphatic rings. The smallest absolute Gasteiger partial charge is 0.0374 e. The molecular weight excluding hydrogens is 230 g/mol. The highest BCUT2D eigenvalue weighted by Gasteiger charge is 2.41. The van der Waals surface area contributed by atoms with Gasteiger partial charge in [0, 0.05) is 6.04 Å². The van der Waals surface area contributed by atoms with Gasteiger partial charge < -0.3 is 5.32 Å². The second kappa shape index (κ2) is 6.09. The molecule has 0 bridgehead atoms. The molecule has 0 spiro atoms. The van der Waals surface area contributed by atoms with Crippen LogP contribution in [-0.4, -0.2) is 7.05 Å². The summed E-state index contributed by atoms with van der Waals surface area (Å²) in [6.07, 6.45) is 6.90. The lowest BCUT2D eigenvalue weighted by Crippen LogP contribution is -2.35. The molecule has 1 aromatic rings. The van der Waals surface area contributed by atoms with Crippen LogP contribution in [0.2, 0.25) is 0 Å². The van der Waals surface area contributed by atoms with Crippen molar-refractivity contribution in [2.45, 2.75) is 58.9 Å². The van der Waals surface area contributed by atoms with Gasteiger partial charge in [0.25, 0.3) is 0 Å². The van der Waals surface area contributed by atoms with Gasteiger partial charge in [-0.05, 0) is 50.1 Å². The Morgan fingerprint density at radius 3 is 2.16 bits per heavy atom. The van der Waals surface area contributed by atoms with Crippen molar-refractivity contribution in [3.8, 4) is 0 Å². The van der Waals surface area contributed by atoms with Crippen molar-refractivity contribution < 1.29 is 0 Å². The average Bonchev–Trinajstić information content (AvgIpc) is 2.81. The third-order valence-corrected chi connectivity index (χ3v) is 4.73. The fourth-order valence-electron chi connectivity index (χ4n) is 4.09. The Hall–Kier alpha value is -0.820. The molecule has 1 aliphatic carbocycles. The lowest BCUT2D eigenvalue weighted by atomic mass is 9.70. The minimum atomic E-state index is 0.470. The summed E-state index contributed by atoms with van der Waals surface area (Å²) in [6, 6.07) is 9.64. The predicted octanol–water partition coefficient (Wildman–Crippen LogP) is 4.86. The maximum atomic E-state index is 3.63. The lowest BCUT2D eigenvalue weighted by Gasteiger charge is -2.39. The SMILES string of the molecule is CNC(c1ccc(C)cc1)C1(CC(C)C)CCCC1. The van der Waals surface area contributed by atoms with E-state index in [-0.39, 0.29) is 0 Å². The molecule has 0 radical (unpaired) electrons. The van der Waals surface area contributed by atoms with Crippen LogP contribution in [0.4, 0.5) is 0 Å². The number of hydrogen-bond donors (Lipinski definition) is 1. The molecule has 1 saturated carbocycles. The van der Waals surface area contributed by atoms with Gasteiger partial charge in [-0.3, -0.25) is 0 Å². The predicted molar refractivity (Wildman–Crippen MR) is 83.3 cm³/mol. The van der Waals surface area contributed by atoms with Gasteiger partial charge in [-0.15, -0.1) is 0 Å². The van der Waals surface area contributed by atoms with E-state index in [4.69, 9.17) is 0 Å². The Bertz CT molecular complexity index is 385. The summed E-state index contributed by atoms with van der Waals surface area (Å²) in [5, 5.41) is 3.63. The van der Waals surface area contributed by atoms with E-state index in [9.17, 15) is 0 Å². The first kappa shape index (κ1) is 14.6. The third kappa shape index (κ3) is 3.20. The Morgan fingerprint density at radius 2 is 1.68 bits per heavy atom. The van der Waals surface area contributed by atoms with Crippen LogP contribution in [-0.2, 0) is 0 Å². The molecule has 0 amide bonds. The molecule has 0 saturated heterocycles. The summed E-state index contributed by atoms with van der Waals surface area (Å²) < 4.78 is 0. The Balaban J connectivity index is 2.29. The summed E-state index contributed by atoms with van der Waals surface area (Å²) in [6.45, 7) is 6.89. The quantitative estimate of drug-likeness (QED) is 0.796. The van der Waals surface area contributed by atoms with Gasteiger partial charge in [0.05, 0.1) is 0 Å². The van der Waals surface area contributed by atoms with Crippen molar-refractivity contribution >= 4 is 0 Å². The molecule has 106 valence electrons. The first-order chi connectivity index (χ1) is 9.07. The number of nitrogens with one attached hydrogen (secondary N) is 1. The summed E-state index contributed by atoms with van der Waals surface area (Å²) in [5.41, 5.74) is 3.29. The van der Waals surface area contributed by atoms with Crippen molar-refractivity contribution in [2.24, 2.45) is 11.3 Å². The van der Waals surface area contributed by atoms with Crippen LogP contribution < -0.4 is 5.32 Å². The molecule has 2 rings (SSSR count). The molecule has 1 N–H and O–H groups in total. The van der Waals surface area contributed by atoms with E-state index in [2.05, 4.69) is 57.4 Å². The van der Waals surface area contributed by atoms with E-state index >= 15 is 0 Å². The molecular formula is C18H29N. The van der Waals surface area contributed by atoms with Crippen molar-refractivity contribution in [3.63, 3.8) is 0 Å². The lowest BCUT2D eigenvalue weighted by molar-refractivity contribution is 0.162. The van der Waals surface area contributed by atoms with Gasteiger partial charge in [0.2, 0.25) is 0 Å². The number of benzene rings is 1. The third-order valence-electron chi connectivity index (χ3n) is 4.73. The Kier molecular flexibility index (Phi) is 4.67. The normalized spacial score (nSPS) is 19.8. The van der Waals surface area contributed by atoms with E-state index in [1.807, 2.05) is 0 Å². The van der Waals surface area contributed by atoms with E-state index in [1.54, 1.807) is 0 Å². The average molecular weight is 259 g/mol. The summed E-state index contributed by atoms with van der Waals surface area (Å²) in [4.78, 5) is 0. The Morgan fingerprint density at radius 1 is 1.11 bits per heavy atom. The monoisotopic (exact) mass is 259 g/mol. The number of aryl methyl sites for hydroxylation is 1. The molecule has 1 atom stereocenters. The van der Waals surface area contributed by atoms with Crippen LogP contribution in [0.3, 0.4) is 0 Å². The maximum Gasteiger partial charge on any atom is 0.0374 e. The van der Waals surface area contributed by atoms with Crippen LogP contribution in [0, 0.1) is 18.3 Å². The maximum absolute atomic E-state index is 3.63. The molecule has 1 nitrogen and oxygen atoms in total. The fraction of sp³-hybridized carbons (Fsp3) is 0.667. The van der Waals surface area contributed by atoms with Crippen molar-refractivity contribution in [3.05, 3.63) is 35.4 Å². The minimum Gasteiger partial charge on any atom is -0.313 e. The first-order valence-corrected chi connectivity index (χ1v) is 7.81. The molecule has 1 fully saturated rings. The van der Waals surface area contributed by atoms with Gasteiger partial charge in [0.15, 0.2) is 0 Å². The molecule has 1 unspecified atom stereocenters. The van der Waals surface area contributed by atoms with Crippen LogP contribution in [0.25, 0.3) is 0 Å². The summed E-state index contributed by atoms with van der Waals surface area (Å²) >= 11 is 0. The van der Waals surface area contributed by atoms with Gasteiger partial charge in [0.1, 0.15) is 0 Å².